The van der Waals surface area contributed by atoms with E-state index in [1.807, 2.05) is 0 Å². The van der Waals surface area contributed by atoms with E-state index in [1.54, 1.807) is 0 Å². The van der Waals surface area contributed by atoms with E-state index in [0.29, 0.717) is 6.61 Å². The van der Waals surface area contributed by atoms with E-state index in [4.69, 9.17) is 9.15 Å². The highest BCUT2D eigenvalue weighted by Crippen LogP contribution is 2.15. The lowest BCUT2D eigenvalue weighted by molar-refractivity contribution is 0.101. The Bertz CT molecular complexity index is 320. The maximum Gasteiger partial charge on any atom is 0.130 e. The van der Waals surface area contributed by atoms with Gasteiger partial charge >= 0.3 is 0 Å². The zero-order chi connectivity index (χ0) is 13.2. The van der Waals surface area contributed by atoms with Crippen molar-refractivity contribution in [2.75, 3.05) is 13.2 Å². The van der Waals surface area contributed by atoms with Crippen LogP contribution < -0.4 is 5.32 Å². The molecule has 0 aliphatic carbocycles. The zero-order valence-corrected chi connectivity index (χ0v) is 12.1. The van der Waals surface area contributed by atoms with Gasteiger partial charge in [0.25, 0.3) is 0 Å². The summed E-state index contributed by atoms with van der Waals surface area (Å²) in [6.45, 7) is 9.60. The summed E-state index contributed by atoms with van der Waals surface area (Å²) in [6, 6.07) is 2.08. The lowest BCUT2D eigenvalue weighted by atomic mass is 10.2. The van der Waals surface area contributed by atoms with E-state index in [9.17, 15) is 0 Å². The summed E-state index contributed by atoms with van der Waals surface area (Å²) in [5.41, 5.74) is 1.21. The molecule has 0 saturated carbocycles. The van der Waals surface area contributed by atoms with Gasteiger partial charge in [0.1, 0.15) is 18.1 Å². The summed E-state index contributed by atoms with van der Waals surface area (Å²) in [5.74, 6) is 1.97. The van der Waals surface area contributed by atoms with Gasteiger partial charge < -0.3 is 14.5 Å². The second kappa shape index (κ2) is 9.17. The first kappa shape index (κ1) is 15.3. The maximum absolute atomic E-state index is 5.76. The van der Waals surface area contributed by atoms with Gasteiger partial charge in [-0.25, -0.2) is 0 Å². The summed E-state index contributed by atoms with van der Waals surface area (Å²) in [6.07, 6.45) is 4.98. The van der Waals surface area contributed by atoms with E-state index in [2.05, 4.69) is 32.2 Å². The second-order valence-electron chi connectivity index (χ2n) is 4.71. The molecule has 18 heavy (non-hydrogen) atoms. The van der Waals surface area contributed by atoms with E-state index in [1.165, 1.54) is 24.8 Å². The number of unbranched alkanes of at least 4 members (excludes halogenated alkanes) is 3. The zero-order valence-electron chi connectivity index (χ0n) is 12.1. The van der Waals surface area contributed by atoms with Crippen molar-refractivity contribution in [2.45, 2.75) is 59.6 Å². The second-order valence-corrected chi connectivity index (χ2v) is 4.71. The molecule has 1 heterocycles. The van der Waals surface area contributed by atoms with Gasteiger partial charge in [0.15, 0.2) is 0 Å². The first-order valence-corrected chi connectivity index (χ1v) is 7.14. The minimum absolute atomic E-state index is 0.596. The van der Waals surface area contributed by atoms with Crippen molar-refractivity contribution in [3.05, 3.63) is 23.2 Å². The monoisotopic (exact) mass is 253 g/mol. The van der Waals surface area contributed by atoms with Gasteiger partial charge in [-0.05, 0) is 31.5 Å². The van der Waals surface area contributed by atoms with Crippen LogP contribution in [0.4, 0.5) is 0 Å². The van der Waals surface area contributed by atoms with Crippen molar-refractivity contribution in [1.29, 1.82) is 0 Å². The number of hydrogen-bond acceptors (Lipinski definition) is 3. The Balaban J connectivity index is 2.21. The Morgan fingerprint density at radius 3 is 2.78 bits per heavy atom. The summed E-state index contributed by atoms with van der Waals surface area (Å²) in [7, 11) is 0. The average molecular weight is 253 g/mol. The normalized spacial score (nSPS) is 11.1. The quantitative estimate of drug-likeness (QED) is 0.644. The fourth-order valence-corrected chi connectivity index (χ4v) is 1.88. The minimum Gasteiger partial charge on any atom is -0.462 e. The number of aryl methyl sites for hydroxylation is 1. The highest BCUT2D eigenvalue weighted by atomic mass is 16.5. The molecule has 0 aliphatic heterocycles. The molecule has 0 unspecified atom stereocenters. The number of hydrogen-bond donors (Lipinski definition) is 1. The van der Waals surface area contributed by atoms with Gasteiger partial charge in [0.2, 0.25) is 0 Å². The van der Waals surface area contributed by atoms with E-state index >= 15 is 0 Å². The molecule has 3 heteroatoms. The Morgan fingerprint density at radius 1 is 1.22 bits per heavy atom. The third-order valence-electron chi connectivity index (χ3n) is 2.99. The maximum atomic E-state index is 5.76. The third-order valence-corrected chi connectivity index (χ3v) is 2.99. The molecule has 0 radical (unpaired) electrons. The molecular formula is C15H27NO2. The Labute approximate surface area is 111 Å². The predicted octanol–water partition coefficient (Wildman–Crippen LogP) is 3.79. The summed E-state index contributed by atoms with van der Waals surface area (Å²) in [5, 5.41) is 3.27. The van der Waals surface area contributed by atoms with Crippen molar-refractivity contribution in [1.82, 2.24) is 5.32 Å². The van der Waals surface area contributed by atoms with Crippen LogP contribution in [0.5, 0.6) is 0 Å². The molecule has 1 N–H and O–H groups in total. The molecule has 1 rings (SSSR count). The van der Waals surface area contributed by atoms with Crippen LogP contribution in [0.15, 0.2) is 10.5 Å². The Kier molecular flexibility index (Phi) is 7.78. The van der Waals surface area contributed by atoms with Crippen LogP contribution in [0.25, 0.3) is 0 Å². The SMILES string of the molecule is CCCCCCOCc1cc(C)c(CNCC)o1. The summed E-state index contributed by atoms with van der Waals surface area (Å²) < 4.78 is 11.4. The van der Waals surface area contributed by atoms with Crippen LogP contribution in [0.2, 0.25) is 0 Å². The van der Waals surface area contributed by atoms with E-state index in [-0.39, 0.29) is 0 Å². The van der Waals surface area contributed by atoms with Gasteiger partial charge in [-0.1, -0.05) is 33.1 Å². The summed E-state index contributed by atoms with van der Waals surface area (Å²) >= 11 is 0. The standard InChI is InChI=1S/C15H27NO2/c1-4-6-7-8-9-17-12-14-10-13(3)15(18-14)11-16-5-2/h10,16H,4-9,11-12H2,1-3H3. The highest BCUT2D eigenvalue weighted by Gasteiger charge is 2.06. The van der Waals surface area contributed by atoms with Crippen molar-refractivity contribution in [3.8, 4) is 0 Å². The molecule has 1 aromatic rings. The molecule has 1 aromatic heterocycles. The summed E-state index contributed by atoms with van der Waals surface area (Å²) in [4.78, 5) is 0. The molecule has 0 aliphatic rings. The average Bonchev–Trinajstić information content (AvgIpc) is 2.72. The molecule has 0 saturated heterocycles. The minimum atomic E-state index is 0.596. The smallest absolute Gasteiger partial charge is 0.130 e. The van der Waals surface area contributed by atoms with Crippen LogP contribution >= 0.6 is 0 Å². The van der Waals surface area contributed by atoms with Crippen molar-refractivity contribution in [2.24, 2.45) is 0 Å². The largest absolute Gasteiger partial charge is 0.462 e. The number of ether oxygens (including phenoxy) is 1. The topological polar surface area (TPSA) is 34.4 Å². The van der Waals surface area contributed by atoms with Crippen molar-refractivity contribution < 1.29 is 9.15 Å². The lowest BCUT2D eigenvalue weighted by Crippen LogP contribution is -2.11. The van der Waals surface area contributed by atoms with Gasteiger partial charge in [0, 0.05) is 6.61 Å². The Morgan fingerprint density at radius 2 is 2.06 bits per heavy atom. The third kappa shape index (κ3) is 5.69. The number of rotatable bonds is 10. The molecule has 0 bridgehead atoms. The molecule has 0 aromatic carbocycles. The van der Waals surface area contributed by atoms with Crippen LogP contribution in [0.1, 0.15) is 56.6 Å². The van der Waals surface area contributed by atoms with Crippen LogP contribution in [0, 0.1) is 6.92 Å². The van der Waals surface area contributed by atoms with Gasteiger partial charge in [-0.2, -0.15) is 0 Å². The Hall–Kier alpha value is -0.800. The molecule has 0 amide bonds. The van der Waals surface area contributed by atoms with E-state index in [0.717, 1.165) is 37.6 Å². The molecule has 104 valence electrons. The van der Waals surface area contributed by atoms with E-state index < -0.39 is 0 Å². The molecule has 0 spiro atoms. The molecule has 0 atom stereocenters. The highest BCUT2D eigenvalue weighted by molar-refractivity contribution is 5.19. The lowest BCUT2D eigenvalue weighted by Gasteiger charge is -2.02. The van der Waals surface area contributed by atoms with Gasteiger partial charge in [-0.3, -0.25) is 0 Å². The molecule has 0 fully saturated rings. The van der Waals surface area contributed by atoms with Crippen LogP contribution in [-0.4, -0.2) is 13.2 Å². The first-order chi connectivity index (χ1) is 8.77. The predicted molar refractivity (Wildman–Crippen MR) is 74.6 cm³/mol. The van der Waals surface area contributed by atoms with Crippen molar-refractivity contribution in [3.63, 3.8) is 0 Å². The van der Waals surface area contributed by atoms with Crippen molar-refractivity contribution >= 4 is 0 Å². The van der Waals surface area contributed by atoms with Gasteiger partial charge in [-0.15, -0.1) is 0 Å². The number of nitrogens with one attached hydrogen (secondary N) is 1. The first-order valence-electron chi connectivity index (χ1n) is 7.14. The van der Waals surface area contributed by atoms with Crippen LogP contribution in [-0.2, 0) is 17.9 Å². The van der Waals surface area contributed by atoms with Gasteiger partial charge in [0.05, 0.1) is 6.54 Å². The fourth-order valence-electron chi connectivity index (χ4n) is 1.88. The number of furan rings is 1. The molecule has 3 nitrogen and oxygen atoms in total. The fraction of sp³-hybridized carbons (Fsp3) is 0.733. The van der Waals surface area contributed by atoms with Crippen LogP contribution in [0.3, 0.4) is 0 Å². The molecular weight excluding hydrogens is 226 g/mol.